The summed E-state index contributed by atoms with van der Waals surface area (Å²) in [5.41, 5.74) is 20.6. The van der Waals surface area contributed by atoms with Crippen LogP contribution in [0.15, 0.2) is 106 Å². The first-order valence-electron chi connectivity index (χ1n) is 27.4. The first-order valence-corrected chi connectivity index (χ1v) is 30.3. The minimum absolute atomic E-state index is 0.147. The number of ether oxygens (including phenoxy) is 6. The molecule has 7 aromatic rings. The highest BCUT2D eigenvalue weighted by Crippen LogP contribution is 2.46. The van der Waals surface area contributed by atoms with Gasteiger partial charge >= 0.3 is 0 Å². The van der Waals surface area contributed by atoms with Crippen molar-refractivity contribution in [2.75, 3.05) is 42.7 Å². The largest absolute Gasteiger partial charge is 0.496 e. The summed E-state index contributed by atoms with van der Waals surface area (Å²) in [4.78, 5) is 3.75. The van der Waals surface area contributed by atoms with Gasteiger partial charge in [0.05, 0.1) is 42.7 Å². The number of hydrogen-bond acceptors (Lipinski definition) is 9. The predicted octanol–water partition coefficient (Wildman–Crippen LogP) is 17.0. The quantitative estimate of drug-likeness (QED) is 0.162. The maximum absolute atomic E-state index is 6.66. The molecule has 3 heterocycles. The molecule has 0 unspecified atom stereocenters. The molecule has 0 amide bonds. The van der Waals surface area contributed by atoms with Gasteiger partial charge in [-0.25, -0.2) is 0 Å². The van der Waals surface area contributed by atoms with E-state index in [0.29, 0.717) is 38.5 Å². The lowest BCUT2D eigenvalue weighted by atomic mass is 9.81. The molecule has 10 rings (SSSR count). The number of thioether (sulfide) groups is 3. The van der Waals surface area contributed by atoms with Crippen molar-refractivity contribution in [3.63, 3.8) is 0 Å². The zero-order valence-electron chi connectivity index (χ0n) is 48.7. The van der Waals surface area contributed by atoms with E-state index in [-0.39, 0.29) is 16.2 Å². The average molecular weight is 1100 g/mol. The molecular weight excluding hydrogens is 1020 g/mol. The third-order valence-corrected chi connectivity index (χ3v) is 19.0. The smallest absolute Gasteiger partial charge is 0.125 e. The van der Waals surface area contributed by atoms with E-state index in [1.165, 1.54) is 48.1 Å². The van der Waals surface area contributed by atoms with Crippen LogP contribution in [0.4, 0.5) is 0 Å². The van der Waals surface area contributed by atoms with E-state index in [0.717, 1.165) is 119 Å². The fourth-order valence-corrected chi connectivity index (χ4v) is 15.0. The molecule has 78 heavy (non-hydrogen) atoms. The summed E-state index contributed by atoms with van der Waals surface area (Å²) in [6, 6.07) is 35.8. The van der Waals surface area contributed by atoms with Crippen LogP contribution in [0, 0.1) is 0 Å². The van der Waals surface area contributed by atoms with Crippen molar-refractivity contribution in [3.05, 3.63) is 191 Å². The van der Waals surface area contributed by atoms with E-state index in [1.54, 1.807) is 0 Å². The lowest BCUT2D eigenvalue weighted by molar-refractivity contribution is 0.395. The third kappa shape index (κ3) is 11.5. The van der Waals surface area contributed by atoms with E-state index in [9.17, 15) is 0 Å². The van der Waals surface area contributed by atoms with Gasteiger partial charge in [-0.3, -0.25) is 0 Å². The Morgan fingerprint density at radius 1 is 0.256 bits per heavy atom. The molecule has 0 fully saturated rings. The van der Waals surface area contributed by atoms with Crippen LogP contribution in [0.3, 0.4) is 0 Å². The van der Waals surface area contributed by atoms with Gasteiger partial charge in [-0.1, -0.05) is 135 Å². The summed E-state index contributed by atoms with van der Waals surface area (Å²) in [7, 11) is 11.0. The van der Waals surface area contributed by atoms with Crippen LogP contribution >= 0.6 is 35.3 Å². The molecule has 3 aliphatic heterocycles. The minimum atomic E-state index is -0.147. The standard InChI is InChI=1S/C69H78O6S3/c1-67(2,3)55-28-49-22-43-16-40-18-45(61(43)70-10)24-51-30-56(68(4,5)6)32-53(65(51)74-14)26-47-20-42-21-48(63(47)72-12)27-54-33-57(69(7,8)9)31-52(66(54)75-15)25-46-19-41(17-44(62(46)71-11)23-50(29-55)64(49)73-13)38-77-59-34-58(76-37-40)35-60(36-59)78-39-42/h16-21,28-36H,22-27,37-39H2,1-15H3. The van der Waals surface area contributed by atoms with Crippen molar-refractivity contribution in [2.24, 2.45) is 0 Å². The molecule has 0 aliphatic carbocycles. The van der Waals surface area contributed by atoms with Crippen molar-refractivity contribution in [2.45, 2.75) is 149 Å². The normalized spacial score (nSPS) is 14.5. The second kappa shape index (κ2) is 22.1. The van der Waals surface area contributed by atoms with Crippen LogP contribution in [0.2, 0.25) is 0 Å². The molecule has 0 saturated carbocycles. The Hall–Kier alpha value is -5.61. The van der Waals surface area contributed by atoms with Crippen LogP contribution in [0.25, 0.3) is 0 Å². The van der Waals surface area contributed by atoms with E-state index < -0.39 is 0 Å². The molecule has 6 nitrogen and oxygen atoms in total. The van der Waals surface area contributed by atoms with Gasteiger partial charge in [0.2, 0.25) is 0 Å². The molecule has 0 N–H and O–H groups in total. The number of fused-ring (bicyclic) bond motifs is 15. The lowest BCUT2D eigenvalue weighted by Crippen LogP contribution is -2.15. The van der Waals surface area contributed by atoms with Crippen LogP contribution in [0.1, 0.15) is 162 Å². The van der Waals surface area contributed by atoms with Gasteiger partial charge in [0, 0.05) is 70.5 Å². The number of rotatable bonds is 6. The van der Waals surface area contributed by atoms with Gasteiger partial charge in [-0.2, -0.15) is 0 Å². The molecule has 18 bridgehead atoms. The van der Waals surface area contributed by atoms with Crippen molar-refractivity contribution < 1.29 is 28.4 Å². The highest BCUT2D eigenvalue weighted by Gasteiger charge is 2.29. The Morgan fingerprint density at radius 3 is 0.577 bits per heavy atom. The van der Waals surface area contributed by atoms with Crippen molar-refractivity contribution in [1.82, 2.24) is 0 Å². The Kier molecular flexibility index (Phi) is 15.8. The molecule has 0 saturated heterocycles. The second-order valence-electron chi connectivity index (χ2n) is 24.6. The first-order chi connectivity index (χ1) is 37.2. The van der Waals surface area contributed by atoms with Crippen molar-refractivity contribution in [1.29, 1.82) is 0 Å². The topological polar surface area (TPSA) is 55.4 Å². The summed E-state index contributed by atoms with van der Waals surface area (Å²) >= 11 is 5.72. The molecule has 408 valence electrons. The maximum atomic E-state index is 6.66. The van der Waals surface area contributed by atoms with E-state index in [2.05, 4.69) is 153 Å². The van der Waals surface area contributed by atoms with Gasteiger partial charge in [0.25, 0.3) is 0 Å². The van der Waals surface area contributed by atoms with E-state index >= 15 is 0 Å². The minimum Gasteiger partial charge on any atom is -0.496 e. The Labute approximate surface area is 478 Å². The van der Waals surface area contributed by atoms with Crippen LogP contribution in [-0.4, -0.2) is 42.7 Å². The Bertz CT molecular complexity index is 2930. The van der Waals surface area contributed by atoms with Gasteiger partial charge in [-0.15, -0.1) is 35.3 Å². The molecule has 0 radical (unpaired) electrons. The second-order valence-corrected chi connectivity index (χ2v) is 27.8. The molecular formula is C69H78O6S3. The predicted molar refractivity (Wildman–Crippen MR) is 326 cm³/mol. The highest BCUT2D eigenvalue weighted by atomic mass is 32.2. The molecule has 0 atom stereocenters. The SMILES string of the molecule is COc1c2cc3cc1Cc1cc(C(C)(C)C)cc(c1OC)Cc1cc4cc(c1OC)Cc1cc(C(C)(C)C)cc(c1OC)Cc1cc(cc(c1OC)Cc1cc(C(C)(C)C)cc(c1OC)C2)CSc1cc(cc(c1)SC4)SC3. The zero-order valence-corrected chi connectivity index (χ0v) is 51.1. The summed E-state index contributed by atoms with van der Waals surface area (Å²) in [5.74, 6) is 7.70. The molecule has 3 aliphatic rings. The number of methoxy groups -OCH3 is 6. The van der Waals surface area contributed by atoms with Gasteiger partial charge in [0.1, 0.15) is 34.5 Å². The fraction of sp³-hybridized carbons (Fsp3) is 0.391. The third-order valence-electron chi connectivity index (χ3n) is 15.8. The first kappa shape index (κ1) is 55.7. The van der Waals surface area contributed by atoms with Crippen molar-refractivity contribution >= 4 is 35.3 Å². The van der Waals surface area contributed by atoms with Crippen molar-refractivity contribution in [3.8, 4) is 34.5 Å². The maximum Gasteiger partial charge on any atom is 0.125 e. The van der Waals surface area contributed by atoms with Crippen LogP contribution < -0.4 is 28.4 Å². The van der Waals surface area contributed by atoms with Gasteiger partial charge in [-0.05, 0) is 135 Å². The van der Waals surface area contributed by atoms with Gasteiger partial charge < -0.3 is 28.4 Å². The number of benzene rings is 7. The van der Waals surface area contributed by atoms with Gasteiger partial charge in [0.15, 0.2) is 0 Å². The van der Waals surface area contributed by atoms with E-state index in [4.69, 9.17) is 28.4 Å². The molecule has 0 aromatic heterocycles. The van der Waals surface area contributed by atoms with Crippen LogP contribution in [-0.2, 0) is 72.0 Å². The molecule has 7 aromatic carbocycles. The molecule has 0 spiro atoms. The zero-order chi connectivity index (χ0) is 55.4. The summed E-state index contributed by atoms with van der Waals surface area (Å²) in [5, 5.41) is 0. The lowest BCUT2D eigenvalue weighted by Gasteiger charge is -2.27. The number of hydrogen-bond donors (Lipinski definition) is 0. The summed E-state index contributed by atoms with van der Waals surface area (Å²) in [6.45, 7) is 20.8. The van der Waals surface area contributed by atoms with Crippen LogP contribution in [0.5, 0.6) is 34.5 Å². The highest BCUT2D eigenvalue weighted by molar-refractivity contribution is 8.00. The fourth-order valence-electron chi connectivity index (χ4n) is 12.0. The summed E-state index contributed by atoms with van der Waals surface area (Å²) in [6.07, 6.45) is 3.66. The average Bonchev–Trinajstić information content (AvgIpc) is 3.53. The molecule has 9 heteroatoms. The van der Waals surface area contributed by atoms with E-state index in [1.807, 2.05) is 77.9 Å². The Balaban J connectivity index is 1.36. The monoisotopic (exact) mass is 1100 g/mol. The Morgan fingerprint density at radius 2 is 0.423 bits per heavy atom. The summed E-state index contributed by atoms with van der Waals surface area (Å²) < 4.78 is 39.9.